The Balaban J connectivity index is 2.22. The van der Waals surface area contributed by atoms with Gasteiger partial charge in [0.25, 0.3) is 0 Å². The molecule has 0 spiro atoms. The SMILES string of the molecule is CN(C)C1(C)CC=C(c2ccccc2F)CC1. The first-order valence-electron chi connectivity index (χ1n) is 6.14. The van der Waals surface area contributed by atoms with E-state index in [1.807, 2.05) is 12.1 Å². The first kappa shape index (κ1) is 12.3. The van der Waals surface area contributed by atoms with Crippen molar-refractivity contribution in [2.75, 3.05) is 14.1 Å². The molecule has 0 bridgehead atoms. The third-order valence-electron chi connectivity index (χ3n) is 4.02. The molecule has 17 heavy (non-hydrogen) atoms. The topological polar surface area (TPSA) is 3.24 Å². The molecule has 0 heterocycles. The summed E-state index contributed by atoms with van der Waals surface area (Å²) in [5.41, 5.74) is 2.14. The molecule has 0 amide bonds. The van der Waals surface area contributed by atoms with Crippen LogP contribution >= 0.6 is 0 Å². The van der Waals surface area contributed by atoms with E-state index in [9.17, 15) is 4.39 Å². The molecule has 1 aromatic carbocycles. The second-order valence-electron chi connectivity index (χ2n) is 5.30. The molecule has 0 aliphatic heterocycles. The lowest BCUT2D eigenvalue weighted by atomic mass is 9.81. The van der Waals surface area contributed by atoms with Gasteiger partial charge in [0.1, 0.15) is 5.82 Å². The van der Waals surface area contributed by atoms with Crippen LogP contribution in [0.2, 0.25) is 0 Å². The lowest BCUT2D eigenvalue weighted by Crippen LogP contribution is -2.42. The van der Waals surface area contributed by atoms with Gasteiger partial charge in [-0.25, -0.2) is 4.39 Å². The number of hydrogen-bond acceptors (Lipinski definition) is 1. The van der Waals surface area contributed by atoms with Crippen LogP contribution in [0.4, 0.5) is 4.39 Å². The van der Waals surface area contributed by atoms with Crippen molar-refractivity contribution in [1.82, 2.24) is 4.90 Å². The van der Waals surface area contributed by atoms with Crippen LogP contribution in [0, 0.1) is 5.82 Å². The van der Waals surface area contributed by atoms with Gasteiger partial charge in [0, 0.05) is 11.1 Å². The number of allylic oxidation sites excluding steroid dienone is 1. The van der Waals surface area contributed by atoms with Gasteiger partial charge in [-0.05, 0) is 51.9 Å². The fraction of sp³-hybridized carbons (Fsp3) is 0.467. The lowest BCUT2D eigenvalue weighted by Gasteiger charge is -2.39. The average molecular weight is 233 g/mol. The zero-order chi connectivity index (χ0) is 12.5. The van der Waals surface area contributed by atoms with E-state index in [-0.39, 0.29) is 11.4 Å². The van der Waals surface area contributed by atoms with Crippen molar-refractivity contribution >= 4 is 5.57 Å². The molecule has 1 atom stereocenters. The van der Waals surface area contributed by atoms with Crippen molar-refractivity contribution in [2.45, 2.75) is 31.7 Å². The molecule has 1 nitrogen and oxygen atoms in total. The summed E-state index contributed by atoms with van der Waals surface area (Å²) in [4.78, 5) is 2.27. The van der Waals surface area contributed by atoms with Gasteiger partial charge in [-0.1, -0.05) is 24.3 Å². The maximum absolute atomic E-state index is 13.7. The Hall–Kier alpha value is -1.15. The van der Waals surface area contributed by atoms with Crippen LogP contribution in [-0.2, 0) is 0 Å². The minimum absolute atomic E-state index is 0.104. The smallest absolute Gasteiger partial charge is 0.130 e. The van der Waals surface area contributed by atoms with Crippen molar-refractivity contribution < 1.29 is 4.39 Å². The Morgan fingerprint density at radius 1 is 1.24 bits per heavy atom. The monoisotopic (exact) mass is 233 g/mol. The number of hydrogen-bond donors (Lipinski definition) is 0. The Labute approximate surface area is 103 Å². The van der Waals surface area contributed by atoms with Crippen molar-refractivity contribution in [3.05, 3.63) is 41.7 Å². The summed E-state index contributed by atoms with van der Waals surface area (Å²) in [6.07, 6.45) is 5.22. The first-order chi connectivity index (χ1) is 8.03. The van der Waals surface area contributed by atoms with Crippen molar-refractivity contribution in [3.8, 4) is 0 Å². The van der Waals surface area contributed by atoms with E-state index in [1.54, 1.807) is 6.07 Å². The standard InChI is InChI=1S/C15H20FN/c1-15(17(2)3)10-8-12(9-11-15)13-6-4-5-7-14(13)16/h4-8H,9-11H2,1-3H3. The van der Waals surface area contributed by atoms with E-state index in [4.69, 9.17) is 0 Å². The zero-order valence-electron chi connectivity index (χ0n) is 10.8. The van der Waals surface area contributed by atoms with Crippen molar-refractivity contribution in [2.24, 2.45) is 0 Å². The van der Waals surface area contributed by atoms with Gasteiger partial charge in [-0.3, -0.25) is 0 Å². The van der Waals surface area contributed by atoms with Gasteiger partial charge in [0.2, 0.25) is 0 Å². The Kier molecular flexibility index (Phi) is 3.34. The quantitative estimate of drug-likeness (QED) is 0.752. The summed E-state index contributed by atoms with van der Waals surface area (Å²) >= 11 is 0. The number of rotatable bonds is 2. The molecule has 0 saturated heterocycles. The summed E-state index contributed by atoms with van der Waals surface area (Å²) in [6.45, 7) is 2.27. The second kappa shape index (κ2) is 4.61. The fourth-order valence-electron chi connectivity index (χ4n) is 2.32. The van der Waals surface area contributed by atoms with Crippen LogP contribution in [0.15, 0.2) is 30.3 Å². The number of halogens is 1. The van der Waals surface area contributed by atoms with Gasteiger partial charge < -0.3 is 4.90 Å². The normalized spacial score (nSPS) is 24.9. The summed E-state index contributed by atoms with van der Waals surface area (Å²) in [7, 11) is 4.23. The maximum atomic E-state index is 13.7. The summed E-state index contributed by atoms with van der Waals surface area (Å²) in [6, 6.07) is 7.06. The third kappa shape index (κ3) is 2.42. The highest BCUT2D eigenvalue weighted by Crippen LogP contribution is 2.35. The highest BCUT2D eigenvalue weighted by molar-refractivity contribution is 5.67. The number of benzene rings is 1. The van der Waals surface area contributed by atoms with E-state index in [0.717, 1.165) is 30.4 Å². The maximum Gasteiger partial charge on any atom is 0.130 e. The van der Waals surface area contributed by atoms with E-state index >= 15 is 0 Å². The molecule has 0 radical (unpaired) electrons. The van der Waals surface area contributed by atoms with Gasteiger partial charge in [-0.2, -0.15) is 0 Å². The molecular formula is C15H20FN. The minimum atomic E-state index is -0.104. The van der Waals surface area contributed by atoms with Crippen molar-refractivity contribution in [1.29, 1.82) is 0 Å². The van der Waals surface area contributed by atoms with Gasteiger partial charge >= 0.3 is 0 Å². The summed E-state index contributed by atoms with van der Waals surface area (Å²) in [5.74, 6) is -0.104. The molecule has 2 heteroatoms. The van der Waals surface area contributed by atoms with Crippen LogP contribution in [0.5, 0.6) is 0 Å². The zero-order valence-corrected chi connectivity index (χ0v) is 10.8. The third-order valence-corrected chi connectivity index (χ3v) is 4.02. The molecule has 92 valence electrons. The molecule has 1 unspecified atom stereocenters. The van der Waals surface area contributed by atoms with Crippen LogP contribution in [0.25, 0.3) is 5.57 Å². The Bertz CT molecular complexity index is 436. The molecule has 1 aromatic rings. The van der Waals surface area contributed by atoms with E-state index in [2.05, 4.69) is 32.0 Å². The Morgan fingerprint density at radius 2 is 1.94 bits per heavy atom. The predicted octanol–water partition coefficient (Wildman–Crippen LogP) is 3.71. The summed E-state index contributed by atoms with van der Waals surface area (Å²) in [5, 5.41) is 0. The van der Waals surface area contributed by atoms with Crippen LogP contribution in [0.1, 0.15) is 31.7 Å². The molecule has 2 rings (SSSR count). The van der Waals surface area contributed by atoms with Crippen LogP contribution < -0.4 is 0 Å². The van der Waals surface area contributed by atoms with Crippen LogP contribution in [0.3, 0.4) is 0 Å². The van der Waals surface area contributed by atoms with E-state index in [0.29, 0.717) is 0 Å². The van der Waals surface area contributed by atoms with Crippen LogP contribution in [-0.4, -0.2) is 24.5 Å². The average Bonchev–Trinajstić information content (AvgIpc) is 2.31. The molecule has 1 aliphatic rings. The predicted molar refractivity (Wildman–Crippen MR) is 70.3 cm³/mol. The summed E-state index contributed by atoms with van der Waals surface area (Å²) < 4.78 is 13.7. The van der Waals surface area contributed by atoms with E-state index < -0.39 is 0 Å². The van der Waals surface area contributed by atoms with Gasteiger partial charge in [0.05, 0.1) is 0 Å². The molecule has 0 saturated carbocycles. The molecule has 0 aromatic heterocycles. The highest BCUT2D eigenvalue weighted by atomic mass is 19.1. The molecule has 0 N–H and O–H groups in total. The van der Waals surface area contributed by atoms with E-state index in [1.165, 1.54) is 6.07 Å². The molecule has 0 fully saturated rings. The highest BCUT2D eigenvalue weighted by Gasteiger charge is 2.29. The largest absolute Gasteiger partial charge is 0.304 e. The number of nitrogens with zero attached hydrogens (tertiary/aromatic N) is 1. The van der Waals surface area contributed by atoms with Gasteiger partial charge in [0.15, 0.2) is 0 Å². The minimum Gasteiger partial charge on any atom is -0.304 e. The van der Waals surface area contributed by atoms with Crippen molar-refractivity contribution in [3.63, 3.8) is 0 Å². The Morgan fingerprint density at radius 3 is 2.47 bits per heavy atom. The lowest BCUT2D eigenvalue weighted by molar-refractivity contribution is 0.160. The fourth-order valence-corrected chi connectivity index (χ4v) is 2.32. The first-order valence-corrected chi connectivity index (χ1v) is 6.14. The second-order valence-corrected chi connectivity index (χ2v) is 5.30. The molecular weight excluding hydrogens is 213 g/mol. The van der Waals surface area contributed by atoms with Gasteiger partial charge in [-0.15, -0.1) is 0 Å². The molecule has 1 aliphatic carbocycles.